The molecule has 0 atom stereocenters. The Hall–Kier alpha value is -2.32. The molecular formula is C26H42N4O6S2Si. The molecule has 2 aliphatic heterocycles. The highest BCUT2D eigenvalue weighted by Gasteiger charge is 2.39. The van der Waals surface area contributed by atoms with Gasteiger partial charge in [0.1, 0.15) is 11.5 Å². The van der Waals surface area contributed by atoms with Gasteiger partial charge in [0.05, 0.1) is 21.2 Å². The molecular weight excluding hydrogens is 557 g/mol. The maximum absolute atomic E-state index is 12.6. The van der Waals surface area contributed by atoms with Gasteiger partial charge in [0.25, 0.3) is 8.32 Å². The van der Waals surface area contributed by atoms with Gasteiger partial charge in [-0.05, 0) is 80.2 Å². The minimum atomic E-state index is -3.44. The molecule has 10 nitrogen and oxygen atoms in total. The second kappa shape index (κ2) is 11.7. The van der Waals surface area contributed by atoms with Crippen LogP contribution in [0.2, 0.25) is 18.1 Å². The van der Waals surface area contributed by atoms with Crippen LogP contribution in [0, 0.1) is 0 Å². The number of rotatable bonds is 6. The van der Waals surface area contributed by atoms with Crippen LogP contribution in [0.25, 0.3) is 0 Å². The molecule has 0 amide bonds. The summed E-state index contributed by atoms with van der Waals surface area (Å²) >= 11 is 0. The third-order valence-corrected chi connectivity index (χ3v) is 15.7. The van der Waals surface area contributed by atoms with E-state index in [1.165, 1.54) is 32.9 Å². The number of benzene rings is 2. The zero-order valence-electron chi connectivity index (χ0n) is 23.5. The molecule has 2 fully saturated rings. The average Bonchev–Trinajstić information content (AvgIpc) is 3.57. The Morgan fingerprint density at radius 1 is 0.769 bits per heavy atom. The summed E-state index contributed by atoms with van der Waals surface area (Å²) < 4.78 is 58.5. The monoisotopic (exact) mass is 598 g/mol. The third-order valence-electron chi connectivity index (χ3n) is 7.56. The molecule has 0 saturated carbocycles. The number of hydrogen-bond acceptors (Lipinski definition) is 8. The number of nitrogens with two attached hydrogens (primary N) is 2. The summed E-state index contributed by atoms with van der Waals surface area (Å²) in [6.07, 6.45) is 3.63. The zero-order chi connectivity index (χ0) is 29.2. The summed E-state index contributed by atoms with van der Waals surface area (Å²) in [6, 6.07) is 8.79. The molecule has 13 heteroatoms. The van der Waals surface area contributed by atoms with Gasteiger partial charge in [-0.25, -0.2) is 16.8 Å². The molecule has 2 saturated heterocycles. The van der Waals surface area contributed by atoms with Gasteiger partial charge >= 0.3 is 0 Å². The first-order chi connectivity index (χ1) is 18.0. The Morgan fingerprint density at radius 2 is 1.18 bits per heavy atom. The molecule has 218 valence electrons. The Bertz CT molecular complexity index is 1380. The van der Waals surface area contributed by atoms with Crippen molar-refractivity contribution in [2.75, 3.05) is 37.6 Å². The van der Waals surface area contributed by atoms with Crippen LogP contribution in [-0.2, 0) is 20.0 Å². The van der Waals surface area contributed by atoms with E-state index >= 15 is 0 Å². The quantitative estimate of drug-likeness (QED) is 0.254. The van der Waals surface area contributed by atoms with Crippen LogP contribution in [0.5, 0.6) is 11.5 Å². The summed E-state index contributed by atoms with van der Waals surface area (Å²) in [4.78, 5) is 0.393. The molecule has 0 aliphatic carbocycles. The van der Waals surface area contributed by atoms with Crippen LogP contribution in [0.15, 0.2) is 46.2 Å². The van der Waals surface area contributed by atoms with Gasteiger partial charge in [-0.15, -0.1) is 0 Å². The van der Waals surface area contributed by atoms with Gasteiger partial charge in [0.2, 0.25) is 20.0 Å². The van der Waals surface area contributed by atoms with Crippen LogP contribution in [-0.4, -0.2) is 65.0 Å². The first-order valence-electron chi connectivity index (χ1n) is 13.1. The summed E-state index contributed by atoms with van der Waals surface area (Å²) in [7, 11) is -8.88. The van der Waals surface area contributed by atoms with Gasteiger partial charge in [-0.3, -0.25) is 0 Å². The second-order valence-corrected chi connectivity index (χ2v) is 20.1. The molecule has 4 rings (SSSR count). The van der Waals surface area contributed by atoms with Crippen LogP contribution >= 0.6 is 0 Å². The molecule has 0 bridgehead atoms. The largest absolute Gasteiger partial charge is 0.542 e. The van der Waals surface area contributed by atoms with Gasteiger partial charge in [-0.2, -0.15) is 8.61 Å². The van der Waals surface area contributed by atoms with E-state index in [4.69, 9.17) is 15.9 Å². The van der Waals surface area contributed by atoms with Gasteiger partial charge < -0.3 is 21.0 Å². The van der Waals surface area contributed by atoms with Crippen molar-refractivity contribution in [3.05, 3.63) is 36.4 Å². The Labute approximate surface area is 234 Å². The Morgan fingerprint density at radius 3 is 1.56 bits per heavy atom. The number of nitrogens with zero attached hydrogens (tertiary/aromatic N) is 2. The fraction of sp³-hybridized carbons (Fsp3) is 0.538. The van der Waals surface area contributed by atoms with Crippen molar-refractivity contribution in [3.63, 3.8) is 0 Å². The maximum Gasteiger partial charge on any atom is 0.250 e. The Kier molecular flexibility index (Phi) is 9.32. The third kappa shape index (κ3) is 7.07. The minimum Gasteiger partial charge on any atom is -0.542 e. The van der Waals surface area contributed by atoms with E-state index in [-0.39, 0.29) is 26.3 Å². The number of phenolic OH excluding ortho intramolecular Hbond substituents is 1. The molecule has 2 aromatic carbocycles. The first kappa shape index (κ1) is 31.2. The van der Waals surface area contributed by atoms with E-state index < -0.39 is 28.4 Å². The number of aromatic hydroxyl groups is 1. The van der Waals surface area contributed by atoms with Crippen LogP contribution < -0.4 is 15.9 Å². The van der Waals surface area contributed by atoms with Gasteiger partial charge in [0, 0.05) is 26.2 Å². The second-order valence-electron chi connectivity index (χ2n) is 11.5. The molecule has 0 radical (unpaired) electrons. The van der Waals surface area contributed by atoms with E-state index in [2.05, 4.69) is 33.9 Å². The highest BCUT2D eigenvalue weighted by molar-refractivity contribution is 7.89. The number of nitrogen functional groups attached to an aromatic ring is 2. The standard InChI is InChI=1S/C16H28N2O3SSi.C10H14N2O3S/c1-16(2,3)23(4,5)21-15-9-8-13(12-14(15)17)22(19,20)18-10-6-7-11-18;11-9-7-8(3-4-10(9)13)16(14,15)12-5-1-2-6-12/h8-9,12H,6-7,10-11,17H2,1-5H3;3-4,7,13H,1-2,5-6,11H2. The van der Waals surface area contributed by atoms with Crippen LogP contribution in [0.3, 0.4) is 0 Å². The Balaban J connectivity index is 0.000000230. The van der Waals surface area contributed by atoms with E-state index in [1.54, 1.807) is 12.1 Å². The fourth-order valence-electron chi connectivity index (χ4n) is 4.06. The predicted octanol–water partition coefficient (Wildman–Crippen LogP) is 4.20. The molecule has 2 aromatic rings. The zero-order valence-corrected chi connectivity index (χ0v) is 26.1. The number of hydrogen-bond donors (Lipinski definition) is 3. The van der Waals surface area contributed by atoms with E-state index in [9.17, 15) is 21.9 Å². The smallest absolute Gasteiger partial charge is 0.250 e. The molecule has 2 aliphatic rings. The van der Waals surface area contributed by atoms with Crippen molar-refractivity contribution < 1.29 is 26.4 Å². The van der Waals surface area contributed by atoms with Crippen molar-refractivity contribution in [3.8, 4) is 11.5 Å². The molecule has 39 heavy (non-hydrogen) atoms. The van der Waals surface area contributed by atoms with Crippen molar-refractivity contribution in [2.45, 2.75) is 74.4 Å². The van der Waals surface area contributed by atoms with Gasteiger partial charge in [-0.1, -0.05) is 20.8 Å². The fourth-order valence-corrected chi connectivity index (χ4v) is 8.20. The first-order valence-corrected chi connectivity index (χ1v) is 18.9. The lowest BCUT2D eigenvalue weighted by molar-refractivity contribution is 0.473. The van der Waals surface area contributed by atoms with Crippen LogP contribution in [0.4, 0.5) is 11.4 Å². The minimum absolute atomic E-state index is 0.0553. The molecule has 2 heterocycles. The number of anilines is 2. The maximum atomic E-state index is 12.6. The molecule has 0 aromatic heterocycles. The molecule has 5 N–H and O–H groups in total. The van der Waals surface area contributed by atoms with Gasteiger partial charge in [0.15, 0.2) is 0 Å². The van der Waals surface area contributed by atoms with Crippen molar-refractivity contribution in [1.29, 1.82) is 0 Å². The lowest BCUT2D eigenvalue weighted by atomic mass is 10.2. The van der Waals surface area contributed by atoms with E-state index in [0.29, 0.717) is 37.6 Å². The normalized spacial score (nSPS) is 17.6. The summed E-state index contributed by atoms with van der Waals surface area (Å²) in [5.74, 6) is 0.484. The summed E-state index contributed by atoms with van der Waals surface area (Å²) in [6.45, 7) is 13.0. The van der Waals surface area contributed by atoms with E-state index in [1.807, 2.05) is 0 Å². The lowest BCUT2D eigenvalue weighted by Crippen LogP contribution is -2.44. The topological polar surface area (TPSA) is 156 Å². The van der Waals surface area contributed by atoms with E-state index in [0.717, 1.165) is 25.7 Å². The summed E-state index contributed by atoms with van der Waals surface area (Å²) in [5, 5.41) is 9.30. The molecule has 0 spiro atoms. The van der Waals surface area contributed by atoms with Crippen molar-refractivity contribution in [2.24, 2.45) is 0 Å². The SMILES string of the molecule is CC(C)(C)[Si](C)(C)Oc1ccc(S(=O)(=O)N2CCCC2)cc1N.Nc1cc(S(=O)(=O)N2CCCC2)ccc1O. The highest BCUT2D eigenvalue weighted by Crippen LogP contribution is 2.39. The molecule has 0 unspecified atom stereocenters. The number of sulfonamides is 2. The van der Waals surface area contributed by atoms with Crippen molar-refractivity contribution >= 4 is 39.7 Å². The highest BCUT2D eigenvalue weighted by atomic mass is 32.2. The summed E-state index contributed by atoms with van der Waals surface area (Å²) in [5.41, 5.74) is 12.0. The average molecular weight is 599 g/mol. The number of phenols is 1. The van der Waals surface area contributed by atoms with Crippen molar-refractivity contribution in [1.82, 2.24) is 8.61 Å². The lowest BCUT2D eigenvalue weighted by Gasteiger charge is -2.36. The van der Waals surface area contributed by atoms with Crippen LogP contribution in [0.1, 0.15) is 46.5 Å². The predicted molar refractivity (Wildman–Crippen MR) is 157 cm³/mol.